The van der Waals surface area contributed by atoms with Crippen LogP contribution >= 0.6 is 11.6 Å². The lowest BCUT2D eigenvalue weighted by Gasteiger charge is -2.22. The lowest BCUT2D eigenvalue weighted by molar-refractivity contribution is 0.0752. The first-order valence-corrected chi connectivity index (χ1v) is 7.60. The van der Waals surface area contributed by atoms with E-state index in [0.717, 1.165) is 25.6 Å². The summed E-state index contributed by atoms with van der Waals surface area (Å²) in [5.41, 5.74) is -0.167. The molecule has 1 fully saturated rings. The Kier molecular flexibility index (Phi) is 5.53. The summed E-state index contributed by atoms with van der Waals surface area (Å²) in [6, 6.07) is 2.48. The van der Waals surface area contributed by atoms with Crippen molar-refractivity contribution in [2.24, 2.45) is 0 Å². The molecular formula is C15H19ClF2N2O. The van der Waals surface area contributed by atoms with E-state index in [1.807, 2.05) is 0 Å². The SMILES string of the molecule is Cc1ccc(F)c(C(=O)N2CCCN(CCCl)CC2)c1F. The van der Waals surface area contributed by atoms with Crippen LogP contribution in [0.15, 0.2) is 12.1 Å². The fraction of sp³-hybridized carbons (Fsp3) is 0.533. The quantitative estimate of drug-likeness (QED) is 0.800. The molecule has 0 spiro atoms. The summed E-state index contributed by atoms with van der Waals surface area (Å²) < 4.78 is 27.9. The summed E-state index contributed by atoms with van der Waals surface area (Å²) in [7, 11) is 0. The van der Waals surface area contributed by atoms with Gasteiger partial charge in [0.1, 0.15) is 17.2 Å². The molecule has 116 valence electrons. The smallest absolute Gasteiger partial charge is 0.259 e. The molecule has 1 aromatic rings. The summed E-state index contributed by atoms with van der Waals surface area (Å²) >= 11 is 5.72. The molecule has 6 heteroatoms. The molecule has 0 atom stereocenters. The van der Waals surface area contributed by atoms with Crippen LogP contribution in [0.3, 0.4) is 0 Å². The molecule has 1 aliphatic heterocycles. The van der Waals surface area contributed by atoms with E-state index in [2.05, 4.69) is 4.90 Å². The van der Waals surface area contributed by atoms with Gasteiger partial charge in [0.2, 0.25) is 0 Å². The van der Waals surface area contributed by atoms with Crippen molar-refractivity contribution in [1.82, 2.24) is 9.80 Å². The van der Waals surface area contributed by atoms with Crippen LogP contribution in [-0.4, -0.2) is 54.3 Å². The Balaban J connectivity index is 2.15. The molecule has 3 nitrogen and oxygen atoms in total. The average Bonchev–Trinajstić information content (AvgIpc) is 2.69. The second-order valence-electron chi connectivity index (χ2n) is 5.23. The summed E-state index contributed by atoms with van der Waals surface area (Å²) in [5, 5.41) is 0. The number of hydrogen-bond acceptors (Lipinski definition) is 2. The van der Waals surface area contributed by atoms with Crippen molar-refractivity contribution in [3.8, 4) is 0 Å². The van der Waals surface area contributed by atoms with E-state index in [-0.39, 0.29) is 5.56 Å². The molecule has 2 rings (SSSR count). The number of benzene rings is 1. The van der Waals surface area contributed by atoms with Gasteiger partial charge in [-0.25, -0.2) is 8.78 Å². The lowest BCUT2D eigenvalue weighted by atomic mass is 10.1. The third kappa shape index (κ3) is 3.71. The predicted molar refractivity (Wildman–Crippen MR) is 78.8 cm³/mol. The van der Waals surface area contributed by atoms with Crippen LogP contribution in [0.4, 0.5) is 8.78 Å². The van der Waals surface area contributed by atoms with Crippen molar-refractivity contribution in [1.29, 1.82) is 0 Å². The number of aryl methyl sites for hydroxylation is 1. The maximum Gasteiger partial charge on any atom is 0.259 e. The van der Waals surface area contributed by atoms with Crippen LogP contribution in [0.1, 0.15) is 22.3 Å². The lowest BCUT2D eigenvalue weighted by Crippen LogP contribution is -2.36. The maximum atomic E-state index is 14.1. The highest BCUT2D eigenvalue weighted by Gasteiger charge is 2.26. The van der Waals surface area contributed by atoms with E-state index in [4.69, 9.17) is 11.6 Å². The van der Waals surface area contributed by atoms with Crippen LogP contribution in [0.25, 0.3) is 0 Å². The van der Waals surface area contributed by atoms with Crippen molar-refractivity contribution >= 4 is 17.5 Å². The highest BCUT2D eigenvalue weighted by atomic mass is 35.5. The zero-order chi connectivity index (χ0) is 15.4. The first kappa shape index (κ1) is 16.2. The van der Waals surface area contributed by atoms with Crippen LogP contribution in [0.2, 0.25) is 0 Å². The van der Waals surface area contributed by atoms with Gasteiger partial charge in [-0.2, -0.15) is 0 Å². The third-order valence-electron chi connectivity index (χ3n) is 3.77. The van der Waals surface area contributed by atoms with Gasteiger partial charge in [-0.15, -0.1) is 11.6 Å². The summed E-state index contributed by atoms with van der Waals surface area (Å²) in [6.07, 6.45) is 0.775. The molecule has 0 aromatic heterocycles. The Morgan fingerprint density at radius 3 is 2.71 bits per heavy atom. The number of amides is 1. The molecule has 0 radical (unpaired) electrons. The number of halogens is 3. The maximum absolute atomic E-state index is 14.1. The zero-order valence-corrected chi connectivity index (χ0v) is 12.8. The van der Waals surface area contributed by atoms with Gasteiger partial charge in [0.25, 0.3) is 5.91 Å². The van der Waals surface area contributed by atoms with Gasteiger partial charge >= 0.3 is 0 Å². The highest BCUT2D eigenvalue weighted by molar-refractivity contribution is 6.18. The number of carbonyl (C=O) groups excluding carboxylic acids is 1. The van der Waals surface area contributed by atoms with E-state index in [0.29, 0.717) is 25.5 Å². The molecule has 1 heterocycles. The standard InChI is InChI=1S/C15H19ClF2N2O/c1-11-3-4-12(17)13(14(11)18)15(21)20-7-2-6-19(8-5-16)9-10-20/h3-4H,2,5-10H2,1H3. The van der Waals surface area contributed by atoms with Crippen molar-refractivity contribution < 1.29 is 13.6 Å². The molecule has 1 aromatic carbocycles. The Hall–Kier alpha value is -1.20. The summed E-state index contributed by atoms with van der Waals surface area (Å²) in [5.74, 6) is -1.59. The Bertz CT molecular complexity index is 525. The van der Waals surface area contributed by atoms with Crippen molar-refractivity contribution in [3.63, 3.8) is 0 Å². The van der Waals surface area contributed by atoms with Crippen molar-refractivity contribution in [3.05, 3.63) is 34.9 Å². The summed E-state index contributed by atoms with van der Waals surface area (Å²) in [6.45, 7) is 4.77. The van der Waals surface area contributed by atoms with Gasteiger partial charge in [-0.05, 0) is 31.5 Å². The number of carbonyl (C=O) groups is 1. The van der Waals surface area contributed by atoms with Crippen molar-refractivity contribution in [2.45, 2.75) is 13.3 Å². The Labute approximate surface area is 128 Å². The molecular weight excluding hydrogens is 298 g/mol. The van der Waals surface area contributed by atoms with E-state index < -0.39 is 23.1 Å². The number of alkyl halides is 1. The number of hydrogen-bond donors (Lipinski definition) is 0. The monoisotopic (exact) mass is 316 g/mol. The second-order valence-corrected chi connectivity index (χ2v) is 5.61. The minimum Gasteiger partial charge on any atom is -0.337 e. The zero-order valence-electron chi connectivity index (χ0n) is 12.0. The van der Waals surface area contributed by atoms with E-state index in [1.54, 1.807) is 0 Å². The topological polar surface area (TPSA) is 23.6 Å². The van der Waals surface area contributed by atoms with Crippen LogP contribution < -0.4 is 0 Å². The minimum atomic E-state index is -0.801. The minimum absolute atomic E-state index is 0.276. The molecule has 0 bridgehead atoms. The first-order chi connectivity index (χ1) is 10.0. The molecule has 0 N–H and O–H groups in total. The molecule has 1 saturated heterocycles. The molecule has 0 aliphatic carbocycles. The predicted octanol–water partition coefficient (Wildman–Crippen LogP) is 2.66. The second kappa shape index (κ2) is 7.18. The van der Waals surface area contributed by atoms with E-state index >= 15 is 0 Å². The Morgan fingerprint density at radius 2 is 2.00 bits per heavy atom. The number of rotatable bonds is 3. The van der Waals surface area contributed by atoms with Gasteiger partial charge in [-0.3, -0.25) is 4.79 Å². The normalized spacial score (nSPS) is 16.9. The average molecular weight is 317 g/mol. The van der Waals surface area contributed by atoms with Gasteiger partial charge in [0, 0.05) is 32.1 Å². The van der Waals surface area contributed by atoms with Gasteiger partial charge in [-0.1, -0.05) is 6.07 Å². The third-order valence-corrected chi connectivity index (χ3v) is 3.94. The molecule has 1 amide bonds. The van der Waals surface area contributed by atoms with Crippen LogP contribution in [0, 0.1) is 18.6 Å². The Morgan fingerprint density at radius 1 is 1.24 bits per heavy atom. The van der Waals surface area contributed by atoms with Gasteiger partial charge in [0.15, 0.2) is 0 Å². The molecule has 0 saturated carbocycles. The first-order valence-electron chi connectivity index (χ1n) is 7.06. The van der Waals surface area contributed by atoms with Crippen LogP contribution in [0.5, 0.6) is 0 Å². The fourth-order valence-electron chi connectivity index (χ4n) is 2.53. The number of nitrogens with zero attached hydrogens (tertiary/aromatic N) is 2. The van der Waals surface area contributed by atoms with E-state index in [1.165, 1.54) is 17.9 Å². The van der Waals surface area contributed by atoms with E-state index in [9.17, 15) is 13.6 Å². The van der Waals surface area contributed by atoms with Crippen LogP contribution in [-0.2, 0) is 0 Å². The van der Waals surface area contributed by atoms with Gasteiger partial charge < -0.3 is 9.80 Å². The summed E-state index contributed by atoms with van der Waals surface area (Å²) in [4.78, 5) is 16.1. The van der Waals surface area contributed by atoms with Gasteiger partial charge in [0.05, 0.1) is 0 Å². The largest absolute Gasteiger partial charge is 0.337 e. The fourth-order valence-corrected chi connectivity index (χ4v) is 2.77. The molecule has 1 aliphatic rings. The molecule has 21 heavy (non-hydrogen) atoms. The highest BCUT2D eigenvalue weighted by Crippen LogP contribution is 2.19. The molecule has 0 unspecified atom stereocenters. The van der Waals surface area contributed by atoms with Crippen molar-refractivity contribution in [2.75, 3.05) is 38.6 Å².